The zero-order valence-corrected chi connectivity index (χ0v) is 12.2. The molecule has 0 aliphatic heterocycles. The molecule has 5 nitrogen and oxygen atoms in total. The molecule has 7 heteroatoms. The minimum Gasteiger partial charge on any atom is -0.505 e. The molecule has 3 rings (SSSR count). The van der Waals surface area contributed by atoms with E-state index in [4.69, 9.17) is 0 Å². The van der Waals surface area contributed by atoms with Crippen molar-refractivity contribution < 1.29 is 5.11 Å². The van der Waals surface area contributed by atoms with E-state index in [0.29, 0.717) is 22.0 Å². The molecular formula is C13H10N4OS2. The maximum Gasteiger partial charge on any atom is 0.249 e. The van der Waals surface area contributed by atoms with Gasteiger partial charge < -0.3 is 5.11 Å². The van der Waals surface area contributed by atoms with Crippen molar-refractivity contribution in [2.45, 2.75) is 11.8 Å². The highest BCUT2D eigenvalue weighted by molar-refractivity contribution is 7.80. The average Bonchev–Trinajstić information content (AvgIpc) is 2.85. The first-order chi connectivity index (χ1) is 9.65. The Hall–Kier alpha value is -1.99. The summed E-state index contributed by atoms with van der Waals surface area (Å²) >= 11 is 5.53. The fraction of sp³-hybridized carbons (Fsp3) is 0.0769. The van der Waals surface area contributed by atoms with E-state index in [9.17, 15) is 5.11 Å². The third-order valence-electron chi connectivity index (χ3n) is 2.75. The fourth-order valence-corrected chi connectivity index (χ4v) is 2.60. The van der Waals surface area contributed by atoms with Gasteiger partial charge in [0.2, 0.25) is 5.13 Å². The fourth-order valence-electron chi connectivity index (χ4n) is 1.82. The number of phenols is 1. The van der Waals surface area contributed by atoms with E-state index in [1.807, 2.05) is 24.3 Å². The predicted molar refractivity (Wildman–Crippen MR) is 81.7 cm³/mol. The van der Waals surface area contributed by atoms with Gasteiger partial charge in [0, 0.05) is 21.8 Å². The summed E-state index contributed by atoms with van der Waals surface area (Å²) in [7, 11) is 0. The molecular weight excluding hydrogens is 292 g/mol. The van der Waals surface area contributed by atoms with Crippen molar-refractivity contribution in [2.75, 3.05) is 0 Å². The average molecular weight is 302 g/mol. The number of aryl methyl sites for hydroxylation is 1. The van der Waals surface area contributed by atoms with Crippen molar-refractivity contribution in [1.29, 1.82) is 0 Å². The second-order valence-electron chi connectivity index (χ2n) is 4.13. The molecule has 0 amide bonds. The van der Waals surface area contributed by atoms with Crippen LogP contribution in [0.1, 0.15) is 5.82 Å². The molecule has 3 aromatic rings. The Morgan fingerprint density at radius 3 is 2.75 bits per heavy atom. The highest BCUT2D eigenvalue weighted by Crippen LogP contribution is 2.37. The molecule has 0 bridgehead atoms. The van der Waals surface area contributed by atoms with E-state index in [1.54, 1.807) is 13.0 Å². The predicted octanol–water partition coefficient (Wildman–Crippen LogP) is 4.41. The maximum absolute atomic E-state index is 10.2. The minimum absolute atomic E-state index is 0.0865. The molecule has 1 heterocycles. The summed E-state index contributed by atoms with van der Waals surface area (Å²) in [6, 6.07) is 9.08. The van der Waals surface area contributed by atoms with Crippen molar-refractivity contribution in [3.8, 4) is 5.75 Å². The summed E-state index contributed by atoms with van der Waals surface area (Å²) < 4.78 is 4.02. The summed E-state index contributed by atoms with van der Waals surface area (Å²) in [5.41, 5.74) is 0.393. The molecule has 0 spiro atoms. The number of benzene rings is 2. The van der Waals surface area contributed by atoms with Crippen LogP contribution in [0.3, 0.4) is 0 Å². The molecule has 0 aliphatic rings. The number of phenolic OH excluding ortho intramolecular Hbond substituents is 1. The standard InChI is InChI=1S/C13H10N4OS2/c1-7-14-13(20-17-7)16-15-10-6-5-8-9(12(10)18)3-2-4-11(8)19/h2-6,18-19H,1H3/b16-15+. The van der Waals surface area contributed by atoms with Crippen LogP contribution >= 0.6 is 24.2 Å². The molecule has 2 aromatic carbocycles. The zero-order valence-electron chi connectivity index (χ0n) is 10.5. The molecule has 0 aliphatic carbocycles. The summed E-state index contributed by atoms with van der Waals surface area (Å²) in [5, 5.41) is 20.3. The zero-order chi connectivity index (χ0) is 14.1. The Bertz CT molecular complexity index is 813. The third kappa shape index (κ3) is 2.37. The van der Waals surface area contributed by atoms with Crippen molar-refractivity contribution in [2.24, 2.45) is 10.2 Å². The molecule has 0 unspecified atom stereocenters. The monoisotopic (exact) mass is 302 g/mol. The largest absolute Gasteiger partial charge is 0.505 e. The van der Waals surface area contributed by atoms with Gasteiger partial charge in [-0.15, -0.1) is 22.9 Å². The Balaban J connectivity index is 2.04. The Morgan fingerprint density at radius 1 is 1.15 bits per heavy atom. The topological polar surface area (TPSA) is 70.7 Å². The number of fused-ring (bicyclic) bond motifs is 1. The molecule has 0 radical (unpaired) electrons. The lowest BCUT2D eigenvalue weighted by molar-refractivity contribution is 0.482. The summed E-state index contributed by atoms with van der Waals surface area (Å²) in [6.45, 7) is 1.79. The van der Waals surface area contributed by atoms with Crippen molar-refractivity contribution >= 4 is 45.8 Å². The van der Waals surface area contributed by atoms with Gasteiger partial charge in [0.05, 0.1) is 0 Å². The number of thiol groups is 1. The Labute approximate surface area is 124 Å². The van der Waals surface area contributed by atoms with Crippen LogP contribution in [0.25, 0.3) is 10.8 Å². The van der Waals surface area contributed by atoms with Crippen LogP contribution in [0.5, 0.6) is 5.75 Å². The molecule has 0 saturated heterocycles. The van der Waals surface area contributed by atoms with Gasteiger partial charge in [-0.3, -0.25) is 0 Å². The SMILES string of the molecule is Cc1nsc(/N=N/c2ccc3c(S)cccc3c2O)n1. The lowest BCUT2D eigenvalue weighted by atomic mass is 10.1. The van der Waals surface area contributed by atoms with Gasteiger partial charge in [0.15, 0.2) is 5.75 Å². The van der Waals surface area contributed by atoms with Crippen LogP contribution in [-0.2, 0) is 0 Å². The lowest BCUT2D eigenvalue weighted by Crippen LogP contribution is -1.77. The summed E-state index contributed by atoms with van der Waals surface area (Å²) in [6.07, 6.45) is 0. The van der Waals surface area contributed by atoms with Crippen LogP contribution in [0.15, 0.2) is 45.5 Å². The van der Waals surface area contributed by atoms with Gasteiger partial charge >= 0.3 is 0 Å². The van der Waals surface area contributed by atoms with Crippen molar-refractivity contribution in [3.05, 3.63) is 36.2 Å². The third-order valence-corrected chi connectivity index (χ3v) is 3.83. The van der Waals surface area contributed by atoms with Gasteiger partial charge in [-0.05, 0) is 24.4 Å². The van der Waals surface area contributed by atoms with Gasteiger partial charge in [0.25, 0.3) is 0 Å². The smallest absolute Gasteiger partial charge is 0.249 e. The van der Waals surface area contributed by atoms with E-state index in [-0.39, 0.29) is 5.75 Å². The van der Waals surface area contributed by atoms with Crippen LogP contribution in [0.2, 0.25) is 0 Å². The normalized spacial score (nSPS) is 11.5. The number of aromatic nitrogens is 2. The van der Waals surface area contributed by atoms with E-state index >= 15 is 0 Å². The molecule has 0 atom stereocenters. The molecule has 0 saturated carbocycles. The van der Waals surface area contributed by atoms with Crippen LogP contribution in [0, 0.1) is 6.92 Å². The first-order valence-electron chi connectivity index (χ1n) is 5.81. The summed E-state index contributed by atoms with van der Waals surface area (Å²) in [5.74, 6) is 0.745. The van der Waals surface area contributed by atoms with E-state index in [2.05, 4.69) is 32.2 Å². The number of azo groups is 1. The molecule has 1 N–H and O–H groups in total. The first kappa shape index (κ1) is 13.0. The minimum atomic E-state index is 0.0865. The lowest BCUT2D eigenvalue weighted by Gasteiger charge is -2.05. The summed E-state index contributed by atoms with van der Waals surface area (Å²) in [4.78, 5) is 4.89. The van der Waals surface area contributed by atoms with Gasteiger partial charge in [-0.1, -0.05) is 18.2 Å². The number of aromatic hydroxyl groups is 1. The second-order valence-corrected chi connectivity index (χ2v) is 5.34. The molecule has 1 aromatic heterocycles. The molecule has 0 fully saturated rings. The highest BCUT2D eigenvalue weighted by Gasteiger charge is 2.08. The highest BCUT2D eigenvalue weighted by atomic mass is 32.1. The number of rotatable bonds is 2. The van der Waals surface area contributed by atoms with E-state index in [1.165, 1.54) is 11.5 Å². The second kappa shape index (κ2) is 5.18. The van der Waals surface area contributed by atoms with Crippen LogP contribution in [-0.4, -0.2) is 14.5 Å². The van der Waals surface area contributed by atoms with E-state index < -0.39 is 0 Å². The quantitative estimate of drug-likeness (QED) is 0.544. The Morgan fingerprint density at radius 2 is 2.00 bits per heavy atom. The van der Waals surface area contributed by atoms with E-state index in [0.717, 1.165) is 10.3 Å². The number of hydrogen-bond acceptors (Lipinski definition) is 7. The number of hydrogen-bond donors (Lipinski definition) is 2. The van der Waals surface area contributed by atoms with Crippen molar-refractivity contribution in [3.63, 3.8) is 0 Å². The van der Waals surface area contributed by atoms with Crippen LogP contribution < -0.4 is 0 Å². The molecule has 100 valence electrons. The number of nitrogens with zero attached hydrogens (tertiary/aromatic N) is 4. The van der Waals surface area contributed by atoms with Gasteiger partial charge in [-0.25, -0.2) is 4.98 Å². The van der Waals surface area contributed by atoms with Gasteiger partial charge in [0.1, 0.15) is 11.5 Å². The van der Waals surface area contributed by atoms with Gasteiger partial charge in [-0.2, -0.15) is 4.37 Å². The van der Waals surface area contributed by atoms with Crippen LogP contribution in [0.4, 0.5) is 10.8 Å². The Kier molecular flexibility index (Phi) is 3.37. The first-order valence-corrected chi connectivity index (χ1v) is 7.03. The molecule has 20 heavy (non-hydrogen) atoms. The van der Waals surface area contributed by atoms with Crippen molar-refractivity contribution in [1.82, 2.24) is 9.36 Å². The maximum atomic E-state index is 10.2.